The lowest BCUT2D eigenvalue weighted by atomic mass is 9.91. The van der Waals surface area contributed by atoms with Gasteiger partial charge in [0.1, 0.15) is 0 Å². The molecule has 0 aliphatic heterocycles. The fourth-order valence-corrected chi connectivity index (χ4v) is 2.65. The molecule has 2 aliphatic carbocycles. The van der Waals surface area contributed by atoms with Crippen LogP contribution in [0.15, 0.2) is 0 Å². The van der Waals surface area contributed by atoms with Gasteiger partial charge in [-0.15, -0.1) is 0 Å². The van der Waals surface area contributed by atoms with Gasteiger partial charge < -0.3 is 20.4 Å². The number of carboxylic acid groups (broad SMARTS) is 1. The second kappa shape index (κ2) is 6.92. The van der Waals surface area contributed by atoms with Crippen LogP contribution in [-0.2, 0) is 4.79 Å². The van der Waals surface area contributed by atoms with Crippen LogP contribution in [0.5, 0.6) is 0 Å². The normalized spacial score (nSPS) is 20.1. The van der Waals surface area contributed by atoms with E-state index in [2.05, 4.69) is 5.32 Å². The van der Waals surface area contributed by atoms with Gasteiger partial charge >= 0.3 is 12.0 Å². The summed E-state index contributed by atoms with van der Waals surface area (Å²) in [5.41, 5.74) is 0. The Balaban J connectivity index is 1.89. The molecule has 6 nitrogen and oxygen atoms in total. The molecular weight excluding hydrogens is 260 g/mol. The smallest absolute Gasteiger partial charge is 0.317 e. The van der Waals surface area contributed by atoms with Gasteiger partial charge in [0, 0.05) is 25.2 Å². The highest BCUT2D eigenvalue weighted by atomic mass is 16.4. The van der Waals surface area contributed by atoms with Crippen molar-refractivity contribution in [1.29, 1.82) is 0 Å². The van der Waals surface area contributed by atoms with Crippen LogP contribution in [0, 0.1) is 5.92 Å². The summed E-state index contributed by atoms with van der Waals surface area (Å²) in [6.07, 6.45) is 5.70. The Morgan fingerprint density at radius 3 is 2.40 bits per heavy atom. The van der Waals surface area contributed by atoms with Gasteiger partial charge in [-0.2, -0.15) is 0 Å². The van der Waals surface area contributed by atoms with Crippen molar-refractivity contribution in [1.82, 2.24) is 10.2 Å². The SMILES string of the molecule is O=C(O)CC(NC(=O)N(CCCO)C1CCC1)C1CC1. The molecule has 20 heavy (non-hydrogen) atoms. The van der Waals surface area contributed by atoms with Gasteiger partial charge in [0.2, 0.25) is 0 Å². The lowest BCUT2D eigenvalue weighted by Crippen LogP contribution is -2.52. The second-order valence-electron chi connectivity index (χ2n) is 5.85. The van der Waals surface area contributed by atoms with Crippen molar-refractivity contribution in [3.63, 3.8) is 0 Å². The number of carbonyl (C=O) groups excluding carboxylic acids is 1. The Labute approximate surface area is 119 Å². The number of aliphatic hydroxyl groups excluding tert-OH is 1. The Kier molecular flexibility index (Phi) is 5.23. The molecule has 3 N–H and O–H groups in total. The highest BCUT2D eigenvalue weighted by Gasteiger charge is 2.36. The largest absolute Gasteiger partial charge is 0.481 e. The molecule has 0 heterocycles. The summed E-state index contributed by atoms with van der Waals surface area (Å²) in [6.45, 7) is 0.606. The second-order valence-corrected chi connectivity index (χ2v) is 5.85. The van der Waals surface area contributed by atoms with Crippen molar-refractivity contribution in [2.45, 2.75) is 57.0 Å². The average Bonchev–Trinajstić information content (AvgIpc) is 3.14. The molecular formula is C14H24N2O4. The molecule has 1 atom stereocenters. The number of aliphatic carboxylic acids is 1. The van der Waals surface area contributed by atoms with Crippen LogP contribution in [-0.4, -0.2) is 52.3 Å². The minimum atomic E-state index is -0.868. The highest BCUT2D eigenvalue weighted by molar-refractivity contribution is 5.76. The summed E-state index contributed by atoms with van der Waals surface area (Å²) in [4.78, 5) is 25.0. The highest BCUT2D eigenvalue weighted by Crippen LogP contribution is 2.34. The lowest BCUT2D eigenvalue weighted by Gasteiger charge is -2.38. The molecule has 0 radical (unpaired) electrons. The van der Waals surface area contributed by atoms with Crippen molar-refractivity contribution in [2.75, 3.05) is 13.2 Å². The van der Waals surface area contributed by atoms with E-state index < -0.39 is 5.97 Å². The van der Waals surface area contributed by atoms with Gasteiger partial charge in [-0.3, -0.25) is 4.79 Å². The number of urea groups is 1. The van der Waals surface area contributed by atoms with E-state index in [0.29, 0.717) is 18.9 Å². The maximum atomic E-state index is 12.3. The van der Waals surface area contributed by atoms with Gasteiger partial charge in [-0.05, 0) is 44.4 Å². The minimum absolute atomic E-state index is 0.00505. The summed E-state index contributed by atoms with van der Waals surface area (Å²) in [6, 6.07) is -0.163. The molecule has 2 rings (SSSR count). The molecule has 0 aromatic rings. The quantitative estimate of drug-likeness (QED) is 0.624. The van der Waals surface area contributed by atoms with E-state index in [1.807, 2.05) is 0 Å². The predicted molar refractivity (Wildman–Crippen MR) is 73.3 cm³/mol. The maximum Gasteiger partial charge on any atom is 0.317 e. The number of amides is 2. The van der Waals surface area contributed by atoms with Gasteiger partial charge in [0.05, 0.1) is 6.42 Å². The number of hydrogen-bond donors (Lipinski definition) is 3. The number of rotatable bonds is 8. The van der Waals surface area contributed by atoms with E-state index >= 15 is 0 Å². The summed E-state index contributed by atoms with van der Waals surface area (Å²) in [5.74, 6) is -0.552. The van der Waals surface area contributed by atoms with Crippen LogP contribution in [0.4, 0.5) is 4.79 Å². The van der Waals surface area contributed by atoms with Gasteiger partial charge in [0.15, 0.2) is 0 Å². The number of carbonyl (C=O) groups is 2. The summed E-state index contributed by atoms with van der Waals surface area (Å²) < 4.78 is 0. The van der Waals surface area contributed by atoms with Gasteiger partial charge in [0.25, 0.3) is 0 Å². The van der Waals surface area contributed by atoms with Crippen LogP contribution >= 0.6 is 0 Å². The number of aliphatic hydroxyl groups is 1. The molecule has 114 valence electrons. The van der Waals surface area contributed by atoms with E-state index in [-0.39, 0.29) is 31.1 Å². The topological polar surface area (TPSA) is 89.9 Å². The molecule has 2 saturated carbocycles. The van der Waals surface area contributed by atoms with Gasteiger partial charge in [-0.1, -0.05) is 0 Å². The Bertz CT molecular complexity index is 353. The van der Waals surface area contributed by atoms with Crippen LogP contribution in [0.1, 0.15) is 44.9 Å². The zero-order valence-corrected chi connectivity index (χ0v) is 11.8. The van der Waals surface area contributed by atoms with Crippen molar-refractivity contribution in [3.8, 4) is 0 Å². The molecule has 0 spiro atoms. The third-order valence-electron chi connectivity index (χ3n) is 4.23. The number of nitrogens with zero attached hydrogens (tertiary/aromatic N) is 1. The Morgan fingerprint density at radius 1 is 1.25 bits per heavy atom. The first kappa shape index (κ1) is 15.1. The molecule has 1 unspecified atom stereocenters. The standard InChI is InChI=1S/C14H24N2O4/c17-8-2-7-16(11-3-1-4-11)14(20)15-12(9-13(18)19)10-5-6-10/h10-12,17H,1-9H2,(H,15,20)(H,18,19). The van der Waals surface area contributed by atoms with E-state index in [9.17, 15) is 9.59 Å². The maximum absolute atomic E-state index is 12.3. The fraction of sp³-hybridized carbons (Fsp3) is 0.857. The zero-order valence-electron chi connectivity index (χ0n) is 11.8. The molecule has 0 aromatic carbocycles. The van der Waals surface area contributed by atoms with Crippen LogP contribution in [0.25, 0.3) is 0 Å². The van der Waals surface area contributed by atoms with E-state index in [1.165, 1.54) is 0 Å². The van der Waals surface area contributed by atoms with Crippen molar-refractivity contribution >= 4 is 12.0 Å². The van der Waals surface area contributed by atoms with Crippen LogP contribution in [0.2, 0.25) is 0 Å². The summed E-state index contributed by atoms with van der Waals surface area (Å²) in [5, 5.41) is 20.7. The minimum Gasteiger partial charge on any atom is -0.481 e. The predicted octanol–water partition coefficient (Wildman–Crippen LogP) is 1.19. The first-order valence-electron chi connectivity index (χ1n) is 7.51. The summed E-state index contributed by atoms with van der Waals surface area (Å²) >= 11 is 0. The van der Waals surface area contributed by atoms with Crippen LogP contribution in [0.3, 0.4) is 0 Å². The molecule has 2 amide bonds. The number of hydrogen-bond acceptors (Lipinski definition) is 3. The lowest BCUT2D eigenvalue weighted by molar-refractivity contribution is -0.137. The molecule has 2 aliphatic rings. The molecule has 6 heteroatoms. The molecule has 0 aromatic heterocycles. The van der Waals surface area contributed by atoms with Crippen LogP contribution < -0.4 is 5.32 Å². The Hall–Kier alpha value is -1.30. The van der Waals surface area contributed by atoms with Crippen molar-refractivity contribution < 1.29 is 19.8 Å². The van der Waals surface area contributed by atoms with E-state index in [0.717, 1.165) is 32.1 Å². The monoisotopic (exact) mass is 284 g/mol. The summed E-state index contributed by atoms with van der Waals surface area (Å²) in [7, 11) is 0. The third kappa shape index (κ3) is 4.10. The van der Waals surface area contributed by atoms with E-state index in [4.69, 9.17) is 10.2 Å². The average molecular weight is 284 g/mol. The first-order valence-corrected chi connectivity index (χ1v) is 7.51. The third-order valence-corrected chi connectivity index (χ3v) is 4.23. The molecule has 0 bridgehead atoms. The van der Waals surface area contributed by atoms with Gasteiger partial charge in [-0.25, -0.2) is 4.79 Å². The van der Waals surface area contributed by atoms with Crippen molar-refractivity contribution in [2.24, 2.45) is 5.92 Å². The number of nitrogens with one attached hydrogen (secondary N) is 1. The number of carboxylic acids is 1. The Morgan fingerprint density at radius 2 is 1.95 bits per heavy atom. The molecule has 2 fully saturated rings. The zero-order chi connectivity index (χ0) is 14.5. The van der Waals surface area contributed by atoms with E-state index in [1.54, 1.807) is 4.90 Å². The fourth-order valence-electron chi connectivity index (χ4n) is 2.65. The van der Waals surface area contributed by atoms with Crippen molar-refractivity contribution in [3.05, 3.63) is 0 Å². The first-order chi connectivity index (χ1) is 9.61. The molecule has 0 saturated heterocycles.